The molecule has 1 N–H and O–H groups in total. The summed E-state index contributed by atoms with van der Waals surface area (Å²) in [5, 5.41) is 8.90. The van der Waals surface area contributed by atoms with Crippen LogP contribution in [0.4, 0.5) is 0 Å². The lowest BCUT2D eigenvalue weighted by molar-refractivity contribution is 0.244. The highest BCUT2D eigenvalue weighted by molar-refractivity contribution is 7.89. The van der Waals surface area contributed by atoms with E-state index in [0.717, 1.165) is 12.8 Å². The van der Waals surface area contributed by atoms with Crippen LogP contribution in [0, 0.1) is 6.92 Å². The Bertz CT molecular complexity index is 487. The van der Waals surface area contributed by atoms with Gasteiger partial charge >= 0.3 is 0 Å². The van der Waals surface area contributed by atoms with Gasteiger partial charge in [-0.05, 0) is 19.8 Å². The van der Waals surface area contributed by atoms with Crippen LogP contribution in [0.25, 0.3) is 0 Å². The summed E-state index contributed by atoms with van der Waals surface area (Å²) >= 11 is 0. The van der Waals surface area contributed by atoms with E-state index in [1.807, 2.05) is 0 Å². The van der Waals surface area contributed by atoms with E-state index in [9.17, 15) is 8.42 Å². The van der Waals surface area contributed by atoms with Gasteiger partial charge in [-0.2, -0.15) is 4.31 Å². The third-order valence-electron chi connectivity index (χ3n) is 2.80. The van der Waals surface area contributed by atoms with E-state index in [2.05, 4.69) is 0 Å². The summed E-state index contributed by atoms with van der Waals surface area (Å²) in [4.78, 5) is 0.158. The fourth-order valence-corrected chi connectivity index (χ4v) is 3.25. The minimum Gasteiger partial charge on any atom is -0.462 e. The van der Waals surface area contributed by atoms with Crippen molar-refractivity contribution in [1.29, 1.82) is 0 Å². The van der Waals surface area contributed by atoms with Crippen LogP contribution >= 0.6 is 0 Å². The van der Waals surface area contributed by atoms with Crippen molar-refractivity contribution in [3.63, 3.8) is 0 Å². The van der Waals surface area contributed by atoms with Crippen molar-refractivity contribution < 1.29 is 17.9 Å². The Morgan fingerprint density at radius 1 is 1.56 bits per heavy atom. The molecule has 0 radical (unpaired) electrons. The SMILES string of the molecule is Cc1oc(CO)cc1S(=O)(=O)N(C)C1CC1. The topological polar surface area (TPSA) is 70.8 Å². The number of aliphatic hydroxyl groups excluding tert-OH is 1. The first-order valence-electron chi connectivity index (χ1n) is 5.15. The first kappa shape index (κ1) is 11.6. The summed E-state index contributed by atoms with van der Waals surface area (Å²) < 4.78 is 30.8. The Morgan fingerprint density at radius 2 is 2.19 bits per heavy atom. The quantitative estimate of drug-likeness (QED) is 0.854. The molecule has 1 aliphatic carbocycles. The van der Waals surface area contributed by atoms with E-state index >= 15 is 0 Å². The second-order valence-corrected chi connectivity index (χ2v) is 6.01. The number of sulfonamides is 1. The lowest BCUT2D eigenvalue weighted by Crippen LogP contribution is -2.29. The maximum atomic E-state index is 12.1. The number of aryl methyl sites for hydroxylation is 1. The maximum Gasteiger partial charge on any atom is 0.246 e. The number of furan rings is 1. The number of nitrogens with zero attached hydrogens (tertiary/aromatic N) is 1. The average Bonchev–Trinajstić information content (AvgIpc) is 3.00. The van der Waals surface area contributed by atoms with Gasteiger partial charge in [-0.15, -0.1) is 0 Å². The molecule has 1 heterocycles. The molecule has 0 atom stereocenters. The minimum absolute atomic E-state index is 0.122. The molecule has 0 amide bonds. The Hall–Kier alpha value is -0.850. The Morgan fingerprint density at radius 3 is 2.62 bits per heavy atom. The van der Waals surface area contributed by atoms with Crippen molar-refractivity contribution in [1.82, 2.24) is 4.31 Å². The predicted octanol–water partition coefficient (Wildman–Crippen LogP) is 0.863. The predicted molar refractivity (Wildman–Crippen MR) is 57.3 cm³/mol. The van der Waals surface area contributed by atoms with Crippen LogP contribution in [0.3, 0.4) is 0 Å². The van der Waals surface area contributed by atoms with Crippen molar-refractivity contribution in [2.75, 3.05) is 7.05 Å². The maximum absolute atomic E-state index is 12.1. The zero-order chi connectivity index (χ0) is 11.9. The van der Waals surface area contributed by atoms with E-state index in [4.69, 9.17) is 9.52 Å². The molecule has 0 spiro atoms. The zero-order valence-corrected chi connectivity index (χ0v) is 10.1. The van der Waals surface area contributed by atoms with Gasteiger partial charge in [0.05, 0.1) is 0 Å². The van der Waals surface area contributed by atoms with Crippen LogP contribution in [0.15, 0.2) is 15.4 Å². The molecule has 16 heavy (non-hydrogen) atoms. The third kappa shape index (κ3) is 1.88. The van der Waals surface area contributed by atoms with Gasteiger partial charge in [-0.1, -0.05) is 0 Å². The molecule has 0 bridgehead atoms. The fourth-order valence-electron chi connectivity index (χ4n) is 1.65. The molecule has 0 unspecified atom stereocenters. The standard InChI is InChI=1S/C10H15NO4S/c1-7-10(5-9(6-12)15-7)16(13,14)11(2)8-3-4-8/h5,8,12H,3-4,6H2,1-2H3. The molecular weight excluding hydrogens is 230 g/mol. The van der Waals surface area contributed by atoms with Crippen molar-refractivity contribution >= 4 is 10.0 Å². The van der Waals surface area contributed by atoms with Gasteiger partial charge < -0.3 is 9.52 Å². The van der Waals surface area contributed by atoms with Crippen LogP contribution in [0.2, 0.25) is 0 Å². The molecule has 0 saturated heterocycles. The molecule has 1 saturated carbocycles. The molecule has 5 nitrogen and oxygen atoms in total. The molecular formula is C10H15NO4S. The normalized spacial score (nSPS) is 17.0. The highest BCUT2D eigenvalue weighted by Gasteiger charge is 2.36. The molecule has 2 rings (SSSR count). The monoisotopic (exact) mass is 245 g/mol. The minimum atomic E-state index is -3.47. The highest BCUT2D eigenvalue weighted by Crippen LogP contribution is 2.32. The second kappa shape index (κ2) is 3.87. The van der Waals surface area contributed by atoms with Crippen LogP contribution < -0.4 is 0 Å². The van der Waals surface area contributed by atoms with Gasteiger partial charge in [0.15, 0.2) is 0 Å². The van der Waals surface area contributed by atoms with Crippen molar-refractivity contribution in [3.05, 3.63) is 17.6 Å². The van der Waals surface area contributed by atoms with Crippen LogP contribution in [0.5, 0.6) is 0 Å². The molecule has 1 aromatic heterocycles. The summed E-state index contributed by atoms with van der Waals surface area (Å²) in [7, 11) is -1.89. The van der Waals surface area contributed by atoms with Gasteiger partial charge in [-0.3, -0.25) is 0 Å². The first-order chi connectivity index (χ1) is 7.46. The smallest absolute Gasteiger partial charge is 0.246 e. The lowest BCUT2D eigenvalue weighted by atomic mass is 10.4. The first-order valence-corrected chi connectivity index (χ1v) is 6.59. The van der Waals surface area contributed by atoms with Gasteiger partial charge in [0.1, 0.15) is 23.0 Å². The third-order valence-corrected chi connectivity index (χ3v) is 4.81. The number of hydrogen-bond acceptors (Lipinski definition) is 4. The van der Waals surface area contributed by atoms with Crippen molar-refractivity contribution in [2.45, 2.75) is 37.3 Å². The van der Waals surface area contributed by atoms with Crippen LogP contribution in [-0.4, -0.2) is 30.9 Å². The van der Waals surface area contributed by atoms with Gasteiger partial charge in [-0.25, -0.2) is 8.42 Å². The van der Waals surface area contributed by atoms with Gasteiger partial charge in [0.2, 0.25) is 10.0 Å². The van der Waals surface area contributed by atoms with Gasteiger partial charge in [0, 0.05) is 19.2 Å². The highest BCUT2D eigenvalue weighted by atomic mass is 32.2. The van der Waals surface area contributed by atoms with Crippen LogP contribution in [0.1, 0.15) is 24.4 Å². The van der Waals surface area contributed by atoms with E-state index in [1.54, 1.807) is 14.0 Å². The largest absolute Gasteiger partial charge is 0.462 e. The molecule has 1 aromatic rings. The fraction of sp³-hybridized carbons (Fsp3) is 0.600. The van der Waals surface area contributed by atoms with E-state index in [0.29, 0.717) is 5.76 Å². The Labute approximate surface area is 94.7 Å². The van der Waals surface area contributed by atoms with E-state index in [-0.39, 0.29) is 23.3 Å². The van der Waals surface area contributed by atoms with E-state index in [1.165, 1.54) is 10.4 Å². The molecule has 1 fully saturated rings. The summed E-state index contributed by atoms with van der Waals surface area (Å²) in [6.45, 7) is 1.30. The molecule has 0 aromatic carbocycles. The van der Waals surface area contributed by atoms with Crippen molar-refractivity contribution in [2.24, 2.45) is 0 Å². The summed E-state index contributed by atoms with van der Waals surface area (Å²) in [6.07, 6.45) is 1.83. The second-order valence-electron chi connectivity index (χ2n) is 4.04. The molecule has 6 heteroatoms. The zero-order valence-electron chi connectivity index (χ0n) is 9.30. The number of aliphatic hydroxyl groups is 1. The summed E-state index contributed by atoms with van der Waals surface area (Å²) in [6, 6.07) is 1.51. The lowest BCUT2D eigenvalue weighted by Gasteiger charge is -2.15. The van der Waals surface area contributed by atoms with E-state index < -0.39 is 10.0 Å². The Balaban J connectivity index is 2.37. The molecule has 90 valence electrons. The van der Waals surface area contributed by atoms with Crippen molar-refractivity contribution in [3.8, 4) is 0 Å². The van der Waals surface area contributed by atoms with Gasteiger partial charge in [0.25, 0.3) is 0 Å². The Kier molecular flexibility index (Phi) is 2.81. The molecule has 1 aliphatic rings. The average molecular weight is 245 g/mol. The van der Waals surface area contributed by atoms with Crippen LogP contribution in [-0.2, 0) is 16.6 Å². The summed E-state index contributed by atoms with van der Waals surface area (Å²) in [5.41, 5.74) is 0. The number of hydrogen-bond donors (Lipinski definition) is 1. The molecule has 0 aliphatic heterocycles. The summed E-state index contributed by atoms with van der Waals surface area (Å²) in [5.74, 6) is 0.608. The number of rotatable bonds is 4.